The van der Waals surface area contributed by atoms with E-state index in [1.807, 2.05) is 20.8 Å². The summed E-state index contributed by atoms with van der Waals surface area (Å²) in [4.78, 5) is 12.8. The van der Waals surface area contributed by atoms with E-state index < -0.39 is 4.92 Å². The Balaban J connectivity index is 2.21. The summed E-state index contributed by atoms with van der Waals surface area (Å²) in [5, 5.41) is 10.9. The Morgan fingerprint density at radius 2 is 2.29 bits per heavy atom. The van der Waals surface area contributed by atoms with E-state index in [1.54, 1.807) is 12.1 Å². The highest BCUT2D eigenvalue weighted by molar-refractivity contribution is 5.55. The third-order valence-corrected chi connectivity index (χ3v) is 3.49. The van der Waals surface area contributed by atoms with E-state index in [2.05, 4.69) is 10.3 Å². The van der Waals surface area contributed by atoms with E-state index in [-0.39, 0.29) is 17.4 Å². The van der Waals surface area contributed by atoms with E-state index in [4.69, 9.17) is 10.6 Å². The van der Waals surface area contributed by atoms with Gasteiger partial charge in [0.25, 0.3) is 5.69 Å². The van der Waals surface area contributed by atoms with Crippen LogP contribution in [0.2, 0.25) is 0 Å². The topological polar surface area (TPSA) is 93.7 Å². The van der Waals surface area contributed by atoms with Gasteiger partial charge in [-0.3, -0.25) is 20.9 Å². The summed E-state index contributed by atoms with van der Waals surface area (Å²) in [5.41, 5.74) is 3.97. The van der Waals surface area contributed by atoms with Crippen LogP contribution in [0.3, 0.4) is 0 Å². The second kappa shape index (κ2) is 5.97. The molecule has 1 aliphatic rings. The maximum Gasteiger partial charge on any atom is 0.269 e. The first-order valence-electron chi connectivity index (χ1n) is 6.95. The first-order valence-corrected chi connectivity index (χ1v) is 6.95. The number of hydrogen-bond acceptors (Lipinski definition) is 6. The van der Waals surface area contributed by atoms with Gasteiger partial charge in [-0.1, -0.05) is 0 Å². The van der Waals surface area contributed by atoms with Gasteiger partial charge in [-0.2, -0.15) is 0 Å². The molecule has 1 heterocycles. The van der Waals surface area contributed by atoms with Crippen molar-refractivity contribution in [3.63, 3.8) is 0 Å². The van der Waals surface area contributed by atoms with Crippen LogP contribution in [0.15, 0.2) is 18.2 Å². The zero-order chi connectivity index (χ0) is 15.6. The predicted molar refractivity (Wildman–Crippen MR) is 80.8 cm³/mol. The van der Waals surface area contributed by atoms with Crippen molar-refractivity contribution in [3.05, 3.63) is 33.9 Å². The molecule has 116 valence electrons. The average molecular weight is 294 g/mol. The second-order valence-electron chi connectivity index (χ2n) is 6.10. The Kier molecular flexibility index (Phi) is 4.46. The minimum absolute atomic E-state index is 0.0737. The molecule has 0 saturated carbocycles. The Morgan fingerprint density at radius 1 is 1.57 bits per heavy atom. The van der Waals surface area contributed by atoms with Gasteiger partial charge in [-0.05, 0) is 32.4 Å². The molecular formula is C14H22N4O3. The van der Waals surface area contributed by atoms with Crippen LogP contribution in [0.5, 0.6) is 0 Å². The summed E-state index contributed by atoms with van der Waals surface area (Å²) in [6, 6.07) is 4.66. The zero-order valence-corrected chi connectivity index (χ0v) is 12.6. The first kappa shape index (κ1) is 15.7. The van der Waals surface area contributed by atoms with Crippen molar-refractivity contribution >= 4 is 11.4 Å². The van der Waals surface area contributed by atoms with Crippen LogP contribution in [-0.4, -0.2) is 34.6 Å². The smallest absolute Gasteiger partial charge is 0.269 e. The lowest BCUT2D eigenvalue weighted by atomic mass is 10.0. The lowest BCUT2D eigenvalue weighted by molar-refractivity contribution is -0.384. The van der Waals surface area contributed by atoms with Gasteiger partial charge in [-0.25, -0.2) is 0 Å². The first-order chi connectivity index (χ1) is 9.80. The van der Waals surface area contributed by atoms with E-state index in [1.165, 1.54) is 6.07 Å². The number of nitrogens with two attached hydrogens (primary N) is 1. The Labute approximate surface area is 124 Å². The molecule has 7 heteroatoms. The number of non-ortho nitro benzene ring substituents is 1. The Bertz CT molecular complexity index is 533. The van der Waals surface area contributed by atoms with Crippen LogP contribution in [0.4, 0.5) is 11.4 Å². The van der Waals surface area contributed by atoms with Crippen molar-refractivity contribution in [2.24, 2.45) is 5.84 Å². The van der Waals surface area contributed by atoms with Crippen molar-refractivity contribution in [1.82, 2.24) is 4.90 Å². The number of hydrazine groups is 1. The van der Waals surface area contributed by atoms with Gasteiger partial charge in [0, 0.05) is 31.8 Å². The lowest BCUT2D eigenvalue weighted by Crippen LogP contribution is -2.51. The number of morpholine rings is 1. The highest BCUT2D eigenvalue weighted by Gasteiger charge is 2.31. The molecule has 1 aromatic carbocycles. The number of hydrogen-bond donors (Lipinski definition) is 2. The monoisotopic (exact) mass is 294 g/mol. The molecule has 7 nitrogen and oxygen atoms in total. The number of benzene rings is 1. The van der Waals surface area contributed by atoms with Gasteiger partial charge in [-0.15, -0.1) is 0 Å². The van der Waals surface area contributed by atoms with Crippen LogP contribution in [0, 0.1) is 10.1 Å². The normalized spacial score (nSPS) is 22.0. The fraction of sp³-hybridized carbons (Fsp3) is 0.571. The zero-order valence-electron chi connectivity index (χ0n) is 12.6. The van der Waals surface area contributed by atoms with Crippen LogP contribution < -0.4 is 11.3 Å². The number of nitrogens with one attached hydrogen (secondary N) is 1. The quantitative estimate of drug-likeness (QED) is 0.500. The largest absolute Gasteiger partial charge is 0.370 e. The molecule has 21 heavy (non-hydrogen) atoms. The molecule has 1 saturated heterocycles. The molecule has 0 aromatic heterocycles. The van der Waals surface area contributed by atoms with Crippen molar-refractivity contribution in [2.45, 2.75) is 39.0 Å². The fourth-order valence-electron chi connectivity index (χ4n) is 2.91. The average Bonchev–Trinajstić information content (AvgIpc) is 2.36. The van der Waals surface area contributed by atoms with Crippen LogP contribution in [0.1, 0.15) is 26.3 Å². The summed E-state index contributed by atoms with van der Waals surface area (Å²) in [6.45, 7) is 8.28. The molecular weight excluding hydrogens is 272 g/mol. The van der Waals surface area contributed by atoms with Gasteiger partial charge in [0.05, 0.1) is 22.3 Å². The number of nitro groups is 1. The summed E-state index contributed by atoms with van der Waals surface area (Å²) in [6.07, 6.45) is 0.127. The molecule has 1 atom stereocenters. The maximum absolute atomic E-state index is 10.9. The van der Waals surface area contributed by atoms with Crippen LogP contribution in [0.25, 0.3) is 0 Å². The van der Waals surface area contributed by atoms with Crippen molar-refractivity contribution in [2.75, 3.05) is 18.5 Å². The summed E-state index contributed by atoms with van der Waals surface area (Å²) in [5.74, 6) is 5.50. The fourth-order valence-corrected chi connectivity index (χ4v) is 2.91. The lowest BCUT2D eigenvalue weighted by Gasteiger charge is -2.41. The number of rotatable bonds is 4. The molecule has 1 aromatic rings. The van der Waals surface area contributed by atoms with Gasteiger partial charge >= 0.3 is 0 Å². The van der Waals surface area contributed by atoms with Gasteiger partial charge in [0.1, 0.15) is 0 Å². The third kappa shape index (κ3) is 3.90. The molecule has 0 spiro atoms. The minimum atomic E-state index is -0.393. The number of nitrogen functional groups attached to an aromatic ring is 1. The van der Waals surface area contributed by atoms with Gasteiger partial charge < -0.3 is 10.2 Å². The number of nitrogens with zero attached hydrogens (tertiary/aromatic N) is 2. The van der Waals surface area contributed by atoms with Crippen LogP contribution >= 0.6 is 0 Å². The van der Waals surface area contributed by atoms with E-state index in [0.29, 0.717) is 12.2 Å². The summed E-state index contributed by atoms with van der Waals surface area (Å²) < 4.78 is 5.87. The number of anilines is 1. The molecule has 1 aliphatic heterocycles. The maximum atomic E-state index is 10.9. The van der Waals surface area contributed by atoms with E-state index in [9.17, 15) is 10.1 Å². The van der Waals surface area contributed by atoms with Crippen LogP contribution in [-0.2, 0) is 11.3 Å². The van der Waals surface area contributed by atoms with Gasteiger partial charge in [0.15, 0.2) is 0 Å². The molecule has 0 radical (unpaired) electrons. The van der Waals surface area contributed by atoms with Crippen molar-refractivity contribution in [3.8, 4) is 0 Å². The highest BCUT2D eigenvalue weighted by Crippen LogP contribution is 2.26. The molecule has 2 rings (SSSR count). The van der Waals surface area contributed by atoms with E-state index in [0.717, 1.165) is 18.7 Å². The molecule has 0 bridgehead atoms. The summed E-state index contributed by atoms with van der Waals surface area (Å²) in [7, 11) is 0. The number of nitro benzene ring substituents is 1. The van der Waals surface area contributed by atoms with Gasteiger partial charge in [0.2, 0.25) is 0 Å². The SMILES string of the molecule is CC1CN(Cc2cc([N+](=O)[O-])ccc2NN)CC(C)(C)O1. The Morgan fingerprint density at radius 3 is 2.86 bits per heavy atom. The molecule has 0 amide bonds. The van der Waals surface area contributed by atoms with Crippen molar-refractivity contribution < 1.29 is 9.66 Å². The summed E-state index contributed by atoms with van der Waals surface area (Å²) >= 11 is 0. The van der Waals surface area contributed by atoms with Crippen molar-refractivity contribution in [1.29, 1.82) is 0 Å². The standard InChI is InChI=1S/C14H22N4O3/c1-10-7-17(9-14(2,3)21-10)8-11-6-12(18(19)20)4-5-13(11)16-15/h4-6,10,16H,7-9,15H2,1-3H3. The number of ether oxygens (including phenoxy) is 1. The predicted octanol–water partition coefficient (Wildman–Crippen LogP) is 1.88. The van der Waals surface area contributed by atoms with E-state index >= 15 is 0 Å². The molecule has 1 fully saturated rings. The second-order valence-corrected chi connectivity index (χ2v) is 6.10. The minimum Gasteiger partial charge on any atom is -0.370 e. The molecule has 3 N–H and O–H groups in total. The highest BCUT2D eigenvalue weighted by atomic mass is 16.6. The third-order valence-electron chi connectivity index (χ3n) is 3.49. The molecule has 0 aliphatic carbocycles. The molecule has 1 unspecified atom stereocenters. The Hall–Kier alpha value is -1.70.